The summed E-state index contributed by atoms with van der Waals surface area (Å²) >= 11 is 0. The molecule has 1 saturated heterocycles. The molecule has 1 aromatic rings. The third-order valence-electron chi connectivity index (χ3n) is 3.76. The molecular weight excluding hydrogens is 320 g/mol. The highest BCUT2D eigenvalue weighted by molar-refractivity contribution is 5.79. The molecule has 0 saturated carbocycles. The number of nitrogens with zero attached hydrogens (tertiary/aromatic N) is 1. The Labute approximate surface area is 160 Å². The summed E-state index contributed by atoms with van der Waals surface area (Å²) in [6, 6.07) is 10.3. The molecule has 0 bridgehead atoms. The molecule has 26 heavy (non-hydrogen) atoms. The molecular formula is C23H36N2O. The van der Waals surface area contributed by atoms with Gasteiger partial charge in [0.25, 0.3) is 0 Å². The molecule has 144 valence electrons. The Balaban J connectivity index is 0.000000770. The van der Waals surface area contributed by atoms with Gasteiger partial charge in [0.2, 0.25) is 5.91 Å². The molecule has 0 aromatic heterocycles. The number of nitrogens with one attached hydrogen (secondary N) is 1. The van der Waals surface area contributed by atoms with E-state index in [0.29, 0.717) is 19.0 Å². The number of hydrogen-bond donors (Lipinski definition) is 1. The predicted octanol–water partition coefficient (Wildman–Crippen LogP) is 4.77. The smallest absolute Gasteiger partial charge is 0.227 e. The first-order valence-electron chi connectivity index (χ1n) is 9.52. The molecule has 0 atom stereocenters. The maximum absolute atomic E-state index is 12.5. The minimum atomic E-state index is 0.206. The highest BCUT2D eigenvalue weighted by Crippen LogP contribution is 2.14. The van der Waals surface area contributed by atoms with Crippen molar-refractivity contribution in [2.45, 2.75) is 45.6 Å². The second-order valence-corrected chi connectivity index (χ2v) is 6.16. The van der Waals surface area contributed by atoms with Crippen molar-refractivity contribution in [2.24, 2.45) is 0 Å². The average Bonchev–Trinajstić information content (AvgIpc) is 2.68. The maximum atomic E-state index is 12.5. The lowest BCUT2D eigenvalue weighted by Crippen LogP contribution is -2.46. The summed E-state index contributed by atoms with van der Waals surface area (Å²) in [5, 5.41) is 3.34. The zero-order valence-corrected chi connectivity index (χ0v) is 16.6. The van der Waals surface area contributed by atoms with Gasteiger partial charge < -0.3 is 10.2 Å². The van der Waals surface area contributed by atoms with E-state index < -0.39 is 0 Å². The van der Waals surface area contributed by atoms with E-state index in [2.05, 4.69) is 38.9 Å². The van der Waals surface area contributed by atoms with Gasteiger partial charge >= 0.3 is 0 Å². The standard InChI is InChI=1S/C16H22N2O.C4H6.C3H8/c1-2-12-18(15-8-10-17-11-9-15)16(19)13-14-6-4-3-5-7-14;1-3-4-2;1-3-2/h2-7,15,17H,1,8-13H2;3-4H,1-2H2;3H2,1-2H3. The number of carbonyl (C=O) groups is 1. The number of piperidine rings is 1. The Morgan fingerprint density at radius 2 is 1.65 bits per heavy atom. The molecule has 1 heterocycles. The van der Waals surface area contributed by atoms with Crippen LogP contribution in [-0.4, -0.2) is 36.5 Å². The van der Waals surface area contributed by atoms with Gasteiger partial charge in [-0.25, -0.2) is 0 Å². The highest BCUT2D eigenvalue weighted by Gasteiger charge is 2.24. The van der Waals surface area contributed by atoms with Gasteiger partial charge in [0.05, 0.1) is 6.42 Å². The molecule has 2 rings (SSSR count). The van der Waals surface area contributed by atoms with Gasteiger partial charge in [-0.2, -0.15) is 0 Å². The Bertz CT molecular complexity index is 498. The minimum absolute atomic E-state index is 0.206. The summed E-state index contributed by atoms with van der Waals surface area (Å²) < 4.78 is 0. The molecule has 1 N–H and O–H groups in total. The zero-order valence-electron chi connectivity index (χ0n) is 16.6. The summed E-state index contributed by atoms with van der Waals surface area (Å²) in [5.41, 5.74) is 1.08. The Morgan fingerprint density at radius 3 is 2.12 bits per heavy atom. The Kier molecular flexibility index (Phi) is 15.0. The van der Waals surface area contributed by atoms with Crippen molar-refractivity contribution in [1.29, 1.82) is 0 Å². The van der Waals surface area contributed by atoms with Crippen LogP contribution in [0.3, 0.4) is 0 Å². The summed E-state index contributed by atoms with van der Waals surface area (Å²) in [7, 11) is 0. The fourth-order valence-electron chi connectivity index (χ4n) is 2.58. The molecule has 3 nitrogen and oxygen atoms in total. The number of benzene rings is 1. The lowest BCUT2D eigenvalue weighted by molar-refractivity contribution is -0.132. The average molecular weight is 357 g/mol. The molecule has 0 aliphatic carbocycles. The summed E-state index contributed by atoms with van der Waals surface area (Å²) in [6.45, 7) is 17.4. The quantitative estimate of drug-likeness (QED) is 0.588. The van der Waals surface area contributed by atoms with Crippen LogP contribution in [0.25, 0.3) is 0 Å². The van der Waals surface area contributed by atoms with E-state index in [1.807, 2.05) is 41.3 Å². The molecule has 1 aliphatic heterocycles. The fourth-order valence-corrected chi connectivity index (χ4v) is 2.58. The van der Waals surface area contributed by atoms with Gasteiger partial charge in [0.1, 0.15) is 0 Å². The first kappa shape index (κ1) is 23.9. The first-order valence-corrected chi connectivity index (χ1v) is 9.52. The number of rotatable bonds is 6. The van der Waals surface area contributed by atoms with Crippen molar-refractivity contribution in [1.82, 2.24) is 10.2 Å². The molecule has 0 unspecified atom stereocenters. The van der Waals surface area contributed by atoms with E-state index in [9.17, 15) is 4.79 Å². The largest absolute Gasteiger partial charge is 0.336 e. The van der Waals surface area contributed by atoms with Crippen LogP contribution in [-0.2, 0) is 11.2 Å². The van der Waals surface area contributed by atoms with Gasteiger partial charge in [-0.3, -0.25) is 4.79 Å². The Hall–Kier alpha value is -2.13. The molecule has 1 fully saturated rings. The van der Waals surface area contributed by atoms with Gasteiger partial charge in [-0.05, 0) is 31.5 Å². The molecule has 1 amide bonds. The minimum Gasteiger partial charge on any atom is -0.336 e. The predicted molar refractivity (Wildman–Crippen MR) is 114 cm³/mol. The third kappa shape index (κ3) is 10.7. The normalized spacial score (nSPS) is 13.2. The van der Waals surface area contributed by atoms with E-state index in [1.165, 1.54) is 6.42 Å². The van der Waals surface area contributed by atoms with Gasteiger partial charge in [-0.1, -0.05) is 82.0 Å². The van der Waals surface area contributed by atoms with E-state index in [1.54, 1.807) is 12.2 Å². The summed E-state index contributed by atoms with van der Waals surface area (Å²) in [6.07, 6.45) is 8.91. The summed E-state index contributed by atoms with van der Waals surface area (Å²) in [5.74, 6) is 0.206. The van der Waals surface area contributed by atoms with Crippen molar-refractivity contribution < 1.29 is 4.79 Å². The monoisotopic (exact) mass is 356 g/mol. The lowest BCUT2D eigenvalue weighted by Gasteiger charge is -2.34. The molecule has 3 heteroatoms. The second kappa shape index (κ2) is 16.3. The van der Waals surface area contributed by atoms with Crippen LogP contribution < -0.4 is 5.32 Å². The van der Waals surface area contributed by atoms with Crippen molar-refractivity contribution >= 4 is 5.91 Å². The number of amides is 1. The molecule has 1 aromatic carbocycles. The van der Waals surface area contributed by atoms with Crippen LogP contribution in [0.5, 0.6) is 0 Å². The first-order chi connectivity index (χ1) is 12.6. The van der Waals surface area contributed by atoms with Gasteiger partial charge in [0.15, 0.2) is 0 Å². The SMILES string of the molecule is C=CC=C.C=CCN(C(=O)Cc1ccccc1)C1CCNCC1.CCC. The van der Waals surface area contributed by atoms with E-state index in [-0.39, 0.29) is 5.91 Å². The van der Waals surface area contributed by atoms with Crippen LogP contribution >= 0.6 is 0 Å². The van der Waals surface area contributed by atoms with Crippen LogP contribution in [0.2, 0.25) is 0 Å². The van der Waals surface area contributed by atoms with Crippen molar-refractivity contribution in [3.63, 3.8) is 0 Å². The van der Waals surface area contributed by atoms with Gasteiger partial charge in [0, 0.05) is 12.6 Å². The van der Waals surface area contributed by atoms with E-state index in [4.69, 9.17) is 0 Å². The number of carbonyl (C=O) groups excluding carboxylic acids is 1. The summed E-state index contributed by atoms with van der Waals surface area (Å²) in [4.78, 5) is 14.4. The van der Waals surface area contributed by atoms with E-state index >= 15 is 0 Å². The fraction of sp³-hybridized carbons (Fsp3) is 0.435. The van der Waals surface area contributed by atoms with Crippen molar-refractivity contribution in [2.75, 3.05) is 19.6 Å². The number of allylic oxidation sites excluding steroid dienone is 2. The van der Waals surface area contributed by atoms with Crippen LogP contribution in [0.15, 0.2) is 68.3 Å². The Morgan fingerprint density at radius 1 is 1.12 bits per heavy atom. The highest BCUT2D eigenvalue weighted by atomic mass is 16.2. The van der Waals surface area contributed by atoms with Crippen LogP contribution in [0, 0.1) is 0 Å². The lowest BCUT2D eigenvalue weighted by atomic mass is 10.0. The second-order valence-electron chi connectivity index (χ2n) is 6.16. The zero-order chi connectivity index (χ0) is 19.6. The molecule has 0 spiro atoms. The topological polar surface area (TPSA) is 32.3 Å². The van der Waals surface area contributed by atoms with Crippen LogP contribution in [0.4, 0.5) is 0 Å². The van der Waals surface area contributed by atoms with Crippen LogP contribution in [0.1, 0.15) is 38.7 Å². The van der Waals surface area contributed by atoms with Crippen molar-refractivity contribution in [3.8, 4) is 0 Å². The molecule has 0 radical (unpaired) electrons. The molecule has 1 aliphatic rings. The van der Waals surface area contributed by atoms with Gasteiger partial charge in [-0.15, -0.1) is 6.58 Å². The third-order valence-corrected chi connectivity index (χ3v) is 3.76. The van der Waals surface area contributed by atoms with Crippen molar-refractivity contribution in [3.05, 3.63) is 73.9 Å². The van der Waals surface area contributed by atoms with E-state index in [0.717, 1.165) is 31.5 Å². The maximum Gasteiger partial charge on any atom is 0.227 e. The number of hydrogen-bond acceptors (Lipinski definition) is 2.